The topological polar surface area (TPSA) is 42.2 Å². The fourth-order valence-corrected chi connectivity index (χ4v) is 2.16. The second-order valence-corrected chi connectivity index (χ2v) is 4.53. The summed E-state index contributed by atoms with van der Waals surface area (Å²) >= 11 is 0. The molecular weight excluding hydrogens is 186 g/mol. The average Bonchev–Trinajstić information content (AvgIpc) is 2.59. The van der Waals surface area contributed by atoms with Gasteiger partial charge in [0.2, 0.25) is 0 Å². The van der Waals surface area contributed by atoms with Crippen LogP contribution in [0.3, 0.4) is 0 Å². The van der Waals surface area contributed by atoms with Crippen LogP contribution in [-0.4, -0.2) is 29.0 Å². The van der Waals surface area contributed by atoms with E-state index in [1.807, 2.05) is 18.3 Å². The number of nitrogens with two attached hydrogens (primary N) is 1. The molecule has 82 valence electrons. The van der Waals surface area contributed by atoms with Crippen molar-refractivity contribution < 1.29 is 0 Å². The van der Waals surface area contributed by atoms with Crippen LogP contribution in [0.1, 0.15) is 25.6 Å². The maximum Gasteiger partial charge on any atom is 0.0572 e. The summed E-state index contributed by atoms with van der Waals surface area (Å²) in [5.41, 5.74) is 7.16. The van der Waals surface area contributed by atoms with Crippen molar-refractivity contribution in [2.24, 2.45) is 11.7 Å². The highest BCUT2D eigenvalue weighted by atomic mass is 15.2. The summed E-state index contributed by atoms with van der Waals surface area (Å²) in [6.45, 7) is 6.49. The van der Waals surface area contributed by atoms with Crippen molar-refractivity contribution in [3.8, 4) is 0 Å². The number of aromatic nitrogens is 1. The van der Waals surface area contributed by atoms with E-state index in [9.17, 15) is 0 Å². The molecule has 0 saturated carbocycles. The molecule has 0 amide bonds. The molecule has 3 atom stereocenters. The molecule has 2 rings (SSSR count). The highest BCUT2D eigenvalue weighted by molar-refractivity contribution is 5.09. The normalized spacial score (nSPS) is 29.3. The van der Waals surface area contributed by atoms with Crippen LogP contribution in [0.25, 0.3) is 0 Å². The van der Waals surface area contributed by atoms with Gasteiger partial charge in [-0.1, -0.05) is 13.0 Å². The Morgan fingerprint density at radius 3 is 2.80 bits per heavy atom. The Labute approximate surface area is 91.3 Å². The van der Waals surface area contributed by atoms with E-state index in [0.717, 1.165) is 18.8 Å². The van der Waals surface area contributed by atoms with Gasteiger partial charge in [-0.05, 0) is 25.0 Å². The summed E-state index contributed by atoms with van der Waals surface area (Å²) in [6, 6.07) is 6.77. The number of rotatable bonds is 2. The third kappa shape index (κ3) is 2.19. The molecule has 2 heterocycles. The molecule has 3 nitrogen and oxygen atoms in total. The van der Waals surface area contributed by atoms with Gasteiger partial charge in [-0.3, -0.25) is 9.88 Å². The fourth-order valence-electron chi connectivity index (χ4n) is 2.16. The Morgan fingerprint density at radius 1 is 1.47 bits per heavy atom. The van der Waals surface area contributed by atoms with Crippen LogP contribution in [0.5, 0.6) is 0 Å². The van der Waals surface area contributed by atoms with E-state index in [-0.39, 0.29) is 0 Å². The molecule has 1 aliphatic rings. The molecule has 1 aromatic heterocycles. The quantitative estimate of drug-likeness (QED) is 0.794. The van der Waals surface area contributed by atoms with Crippen molar-refractivity contribution >= 4 is 0 Å². The van der Waals surface area contributed by atoms with Crippen molar-refractivity contribution in [2.75, 3.05) is 13.1 Å². The first-order valence-electron chi connectivity index (χ1n) is 5.59. The molecule has 1 aliphatic heterocycles. The lowest BCUT2D eigenvalue weighted by Crippen LogP contribution is -2.30. The molecule has 3 heteroatoms. The van der Waals surface area contributed by atoms with Crippen LogP contribution in [-0.2, 0) is 0 Å². The third-order valence-electron chi connectivity index (χ3n) is 3.36. The molecule has 15 heavy (non-hydrogen) atoms. The number of pyridine rings is 1. The highest BCUT2D eigenvalue weighted by Gasteiger charge is 2.30. The van der Waals surface area contributed by atoms with Gasteiger partial charge in [0.15, 0.2) is 0 Å². The predicted molar refractivity (Wildman–Crippen MR) is 61.4 cm³/mol. The van der Waals surface area contributed by atoms with Crippen LogP contribution in [0.4, 0.5) is 0 Å². The Morgan fingerprint density at radius 2 is 2.27 bits per heavy atom. The Kier molecular flexibility index (Phi) is 3.03. The van der Waals surface area contributed by atoms with E-state index in [4.69, 9.17) is 5.73 Å². The fraction of sp³-hybridized carbons (Fsp3) is 0.583. The van der Waals surface area contributed by atoms with Crippen LogP contribution in [0, 0.1) is 5.92 Å². The largest absolute Gasteiger partial charge is 0.326 e. The summed E-state index contributed by atoms with van der Waals surface area (Å²) in [4.78, 5) is 6.81. The molecule has 0 radical (unpaired) electrons. The van der Waals surface area contributed by atoms with Crippen molar-refractivity contribution in [3.05, 3.63) is 30.1 Å². The summed E-state index contributed by atoms with van der Waals surface area (Å²) in [5.74, 6) is 0.594. The van der Waals surface area contributed by atoms with Gasteiger partial charge in [-0.15, -0.1) is 0 Å². The molecule has 0 aromatic carbocycles. The minimum atomic E-state index is 0.316. The summed E-state index contributed by atoms with van der Waals surface area (Å²) in [7, 11) is 0. The van der Waals surface area contributed by atoms with Gasteiger partial charge >= 0.3 is 0 Å². The number of nitrogens with zero attached hydrogens (tertiary/aromatic N) is 2. The van der Waals surface area contributed by atoms with Gasteiger partial charge in [0.05, 0.1) is 5.69 Å². The van der Waals surface area contributed by atoms with Crippen LogP contribution < -0.4 is 5.73 Å². The Bertz CT molecular complexity index is 302. The maximum atomic E-state index is 6.02. The molecule has 0 bridgehead atoms. The van der Waals surface area contributed by atoms with Crippen molar-refractivity contribution in [2.45, 2.75) is 25.9 Å². The first kappa shape index (κ1) is 10.6. The Balaban J connectivity index is 2.07. The lowest BCUT2D eigenvalue weighted by atomic mass is 10.1. The smallest absolute Gasteiger partial charge is 0.0572 e. The van der Waals surface area contributed by atoms with Gasteiger partial charge < -0.3 is 5.73 Å². The number of hydrogen-bond donors (Lipinski definition) is 1. The SMILES string of the molecule is CC1CN(C(C)c2ccccn2)CC1N. The van der Waals surface area contributed by atoms with Gasteiger partial charge in [-0.25, -0.2) is 0 Å². The zero-order chi connectivity index (χ0) is 10.8. The van der Waals surface area contributed by atoms with E-state index in [1.54, 1.807) is 0 Å². The first-order valence-corrected chi connectivity index (χ1v) is 5.59. The highest BCUT2D eigenvalue weighted by Crippen LogP contribution is 2.25. The van der Waals surface area contributed by atoms with Gasteiger partial charge in [-0.2, -0.15) is 0 Å². The van der Waals surface area contributed by atoms with Gasteiger partial charge in [0.25, 0.3) is 0 Å². The molecule has 0 spiro atoms. The Hall–Kier alpha value is -0.930. The summed E-state index contributed by atoms with van der Waals surface area (Å²) in [5, 5.41) is 0. The monoisotopic (exact) mass is 205 g/mol. The van der Waals surface area contributed by atoms with E-state index in [1.165, 1.54) is 0 Å². The second-order valence-electron chi connectivity index (χ2n) is 4.53. The van der Waals surface area contributed by atoms with E-state index in [2.05, 4.69) is 29.8 Å². The average molecular weight is 205 g/mol. The van der Waals surface area contributed by atoms with E-state index in [0.29, 0.717) is 18.0 Å². The minimum Gasteiger partial charge on any atom is -0.326 e. The zero-order valence-electron chi connectivity index (χ0n) is 9.43. The van der Waals surface area contributed by atoms with Crippen LogP contribution >= 0.6 is 0 Å². The third-order valence-corrected chi connectivity index (χ3v) is 3.36. The van der Waals surface area contributed by atoms with E-state index < -0.39 is 0 Å². The van der Waals surface area contributed by atoms with E-state index >= 15 is 0 Å². The molecule has 1 aromatic rings. The van der Waals surface area contributed by atoms with Crippen LogP contribution in [0.15, 0.2) is 24.4 Å². The van der Waals surface area contributed by atoms with Crippen LogP contribution in [0.2, 0.25) is 0 Å². The summed E-state index contributed by atoms with van der Waals surface area (Å²) in [6.07, 6.45) is 1.85. The van der Waals surface area contributed by atoms with Crippen molar-refractivity contribution in [3.63, 3.8) is 0 Å². The lowest BCUT2D eigenvalue weighted by Gasteiger charge is -2.23. The summed E-state index contributed by atoms with van der Waals surface area (Å²) < 4.78 is 0. The van der Waals surface area contributed by atoms with Gasteiger partial charge in [0, 0.05) is 31.4 Å². The molecule has 3 unspecified atom stereocenters. The molecular formula is C12H19N3. The minimum absolute atomic E-state index is 0.316. The van der Waals surface area contributed by atoms with Crippen molar-refractivity contribution in [1.29, 1.82) is 0 Å². The number of hydrogen-bond acceptors (Lipinski definition) is 3. The van der Waals surface area contributed by atoms with Gasteiger partial charge in [0.1, 0.15) is 0 Å². The molecule has 2 N–H and O–H groups in total. The first-order chi connectivity index (χ1) is 7.18. The zero-order valence-corrected chi connectivity index (χ0v) is 9.43. The number of likely N-dealkylation sites (tertiary alicyclic amines) is 1. The standard InChI is InChI=1S/C12H19N3/c1-9-7-15(8-11(9)13)10(2)12-5-3-4-6-14-12/h3-6,9-11H,7-8,13H2,1-2H3. The molecule has 1 saturated heterocycles. The maximum absolute atomic E-state index is 6.02. The lowest BCUT2D eigenvalue weighted by molar-refractivity contribution is 0.249. The molecule has 0 aliphatic carbocycles. The second kappa shape index (κ2) is 4.29. The predicted octanol–water partition coefficient (Wildman–Crippen LogP) is 1.42. The molecule has 1 fully saturated rings. The van der Waals surface area contributed by atoms with Crippen molar-refractivity contribution in [1.82, 2.24) is 9.88 Å².